The van der Waals surface area contributed by atoms with E-state index in [1.165, 1.54) is 0 Å². The molecule has 2 aromatic carbocycles. The topological polar surface area (TPSA) is 99.8 Å². The Hall–Kier alpha value is -3.39. The van der Waals surface area contributed by atoms with Crippen molar-refractivity contribution in [2.45, 2.75) is 64.6 Å². The second-order valence-corrected chi connectivity index (χ2v) is 11.0. The van der Waals surface area contributed by atoms with Gasteiger partial charge in [-0.3, -0.25) is 14.4 Å². The number of amides is 3. The molecule has 4 bridgehead atoms. The lowest BCUT2D eigenvalue weighted by Gasteiger charge is -2.47. The molecule has 3 aliphatic rings. The van der Waals surface area contributed by atoms with E-state index in [0.717, 1.165) is 22.4 Å². The van der Waals surface area contributed by atoms with Gasteiger partial charge in [0.2, 0.25) is 17.7 Å². The first-order valence-corrected chi connectivity index (χ1v) is 13.6. The number of benzene rings is 2. The Morgan fingerprint density at radius 1 is 1.08 bits per heavy atom. The number of nitrogens with one attached hydrogen (secondary N) is 3. The van der Waals surface area contributed by atoms with Gasteiger partial charge in [0.25, 0.3) is 0 Å². The third-order valence-corrected chi connectivity index (χ3v) is 7.60. The van der Waals surface area contributed by atoms with Crippen molar-refractivity contribution in [3.63, 3.8) is 0 Å². The third kappa shape index (κ3) is 7.13. The van der Waals surface area contributed by atoms with Crippen LogP contribution in [0, 0.1) is 12.3 Å². The fourth-order valence-electron chi connectivity index (χ4n) is 5.15. The summed E-state index contributed by atoms with van der Waals surface area (Å²) < 4.78 is 6.12. The molecule has 0 spiro atoms. The molecule has 204 valence electrons. The van der Waals surface area contributed by atoms with Crippen LogP contribution in [0.25, 0.3) is 0 Å². The maximum absolute atomic E-state index is 13.3. The van der Waals surface area contributed by atoms with E-state index in [1.54, 1.807) is 7.05 Å². The maximum atomic E-state index is 13.3. The Kier molecular flexibility index (Phi) is 9.05. The summed E-state index contributed by atoms with van der Waals surface area (Å²) in [6.07, 6.45) is 2.64. The van der Waals surface area contributed by atoms with Crippen LogP contribution in [-0.4, -0.2) is 61.4 Å². The van der Waals surface area contributed by atoms with Crippen molar-refractivity contribution in [2.24, 2.45) is 5.41 Å². The molecule has 0 saturated carbocycles. The molecular formula is C30H40N4O4. The summed E-state index contributed by atoms with van der Waals surface area (Å²) in [5.74, 6) is 0.404. The van der Waals surface area contributed by atoms with Gasteiger partial charge in [-0.05, 0) is 68.5 Å². The summed E-state index contributed by atoms with van der Waals surface area (Å²) in [4.78, 5) is 41.1. The molecule has 3 amide bonds. The van der Waals surface area contributed by atoms with Crippen molar-refractivity contribution in [3.05, 3.63) is 65.2 Å². The first kappa shape index (κ1) is 27.6. The van der Waals surface area contributed by atoms with Crippen LogP contribution in [0.4, 0.5) is 0 Å². The molecule has 2 aromatic rings. The van der Waals surface area contributed by atoms with E-state index in [0.29, 0.717) is 58.3 Å². The highest BCUT2D eigenvalue weighted by molar-refractivity contribution is 5.89. The highest BCUT2D eigenvalue weighted by Gasteiger charge is 2.41. The molecule has 5 rings (SSSR count). The fourth-order valence-corrected chi connectivity index (χ4v) is 5.15. The summed E-state index contributed by atoms with van der Waals surface area (Å²) in [5, 5.41) is 9.07. The minimum absolute atomic E-state index is 0.0861. The van der Waals surface area contributed by atoms with Crippen molar-refractivity contribution >= 4 is 17.7 Å². The Bertz CT molecular complexity index is 1130. The van der Waals surface area contributed by atoms with E-state index in [1.807, 2.05) is 60.4 Å². The molecule has 8 heteroatoms. The number of nitrogens with zero attached hydrogens (tertiary/aromatic N) is 1. The van der Waals surface area contributed by atoms with E-state index < -0.39 is 12.1 Å². The standard InChI is InChI=1S/C30H40N4O4/c1-21-12-14-24-16-23(21)17-32-28(36)26(15-13-22-8-5-4-6-9-22)33-29(37)25(31-3)10-7-11-27(35)34-18-30(2,19-34)20-38-24/h4-6,8-9,12,14,16,25-26,31H,7,10-11,13,15,17-20H2,1-3H3,(H,32,36)(H,33,37)/t25?,26-/m0/s1. The zero-order chi connectivity index (χ0) is 27.1. The van der Waals surface area contributed by atoms with Crippen LogP contribution in [-0.2, 0) is 27.3 Å². The molecule has 3 N–H and O–H groups in total. The second kappa shape index (κ2) is 12.4. The van der Waals surface area contributed by atoms with Crippen LogP contribution in [0.2, 0.25) is 0 Å². The number of ether oxygens (including phenoxy) is 1. The van der Waals surface area contributed by atoms with Crippen molar-refractivity contribution in [1.29, 1.82) is 0 Å². The van der Waals surface area contributed by atoms with Crippen LogP contribution in [0.15, 0.2) is 48.5 Å². The quantitative estimate of drug-likeness (QED) is 0.576. The zero-order valence-corrected chi connectivity index (χ0v) is 22.7. The van der Waals surface area contributed by atoms with E-state index in [4.69, 9.17) is 4.74 Å². The number of rotatable bonds is 4. The molecule has 0 aliphatic carbocycles. The van der Waals surface area contributed by atoms with Gasteiger partial charge in [0.15, 0.2) is 0 Å². The summed E-state index contributed by atoms with van der Waals surface area (Å²) in [7, 11) is 1.73. The Morgan fingerprint density at radius 3 is 2.58 bits per heavy atom. The number of carbonyl (C=O) groups excluding carboxylic acids is 3. The fraction of sp³-hybridized carbons (Fsp3) is 0.500. The highest BCUT2D eigenvalue weighted by Crippen LogP contribution is 2.32. The number of hydrogen-bond acceptors (Lipinski definition) is 5. The second-order valence-electron chi connectivity index (χ2n) is 11.0. The van der Waals surface area contributed by atoms with E-state index in [2.05, 4.69) is 22.9 Å². The van der Waals surface area contributed by atoms with Crippen molar-refractivity contribution in [1.82, 2.24) is 20.9 Å². The minimum atomic E-state index is -0.680. The first-order valence-electron chi connectivity index (χ1n) is 13.6. The Labute approximate surface area is 225 Å². The molecule has 0 aromatic heterocycles. The third-order valence-electron chi connectivity index (χ3n) is 7.60. The molecule has 1 fully saturated rings. The normalized spacial score (nSPS) is 25.1. The number of likely N-dealkylation sites (N-methyl/N-ethyl adjacent to an activating group) is 1. The zero-order valence-electron chi connectivity index (χ0n) is 22.7. The molecular weight excluding hydrogens is 480 g/mol. The van der Waals surface area contributed by atoms with Gasteiger partial charge in [-0.2, -0.15) is 0 Å². The number of aryl methyl sites for hydroxylation is 2. The average molecular weight is 521 g/mol. The molecule has 3 aliphatic heterocycles. The van der Waals surface area contributed by atoms with Gasteiger partial charge >= 0.3 is 0 Å². The minimum Gasteiger partial charge on any atom is -0.493 e. The average Bonchev–Trinajstić information content (AvgIpc) is 2.90. The first-order chi connectivity index (χ1) is 18.3. The molecule has 38 heavy (non-hydrogen) atoms. The van der Waals surface area contributed by atoms with Crippen LogP contribution in [0.1, 0.15) is 49.3 Å². The summed E-state index contributed by atoms with van der Waals surface area (Å²) >= 11 is 0. The van der Waals surface area contributed by atoms with Crippen molar-refractivity contribution in [2.75, 3.05) is 26.7 Å². The summed E-state index contributed by atoms with van der Waals surface area (Å²) in [6.45, 7) is 6.33. The van der Waals surface area contributed by atoms with E-state index in [9.17, 15) is 14.4 Å². The number of fused-ring (bicyclic) bond motifs is 11. The molecule has 1 saturated heterocycles. The van der Waals surface area contributed by atoms with Crippen molar-refractivity contribution < 1.29 is 19.1 Å². The Morgan fingerprint density at radius 2 is 1.84 bits per heavy atom. The van der Waals surface area contributed by atoms with Gasteiger partial charge in [-0.25, -0.2) is 0 Å². The SMILES string of the molecule is CNC1CCCC(=O)N2CC(C)(COc3ccc(C)c(c3)CNC(=O)[C@H](CCc3ccccc3)NC1=O)C2. The molecule has 0 radical (unpaired) electrons. The summed E-state index contributed by atoms with van der Waals surface area (Å²) in [5.41, 5.74) is 3.04. The number of hydrogen-bond donors (Lipinski definition) is 3. The smallest absolute Gasteiger partial charge is 0.242 e. The Balaban J connectivity index is 1.52. The van der Waals surface area contributed by atoms with Gasteiger partial charge in [0.05, 0.1) is 12.6 Å². The predicted molar refractivity (Wildman–Crippen MR) is 147 cm³/mol. The molecule has 2 atom stereocenters. The lowest BCUT2D eigenvalue weighted by atomic mass is 9.82. The van der Waals surface area contributed by atoms with Crippen molar-refractivity contribution in [3.8, 4) is 5.75 Å². The monoisotopic (exact) mass is 520 g/mol. The van der Waals surface area contributed by atoms with Gasteiger partial charge in [-0.1, -0.05) is 43.3 Å². The number of carbonyl (C=O) groups is 3. The van der Waals surface area contributed by atoms with Gasteiger partial charge in [-0.15, -0.1) is 0 Å². The van der Waals surface area contributed by atoms with Gasteiger partial charge in [0.1, 0.15) is 11.8 Å². The lowest BCUT2D eigenvalue weighted by Crippen LogP contribution is -2.59. The van der Waals surface area contributed by atoms with Gasteiger partial charge < -0.3 is 25.6 Å². The van der Waals surface area contributed by atoms with Crippen LogP contribution in [0.3, 0.4) is 0 Å². The molecule has 8 nitrogen and oxygen atoms in total. The largest absolute Gasteiger partial charge is 0.493 e. The van der Waals surface area contributed by atoms with E-state index in [-0.39, 0.29) is 23.1 Å². The maximum Gasteiger partial charge on any atom is 0.242 e. The lowest BCUT2D eigenvalue weighted by molar-refractivity contribution is -0.144. The van der Waals surface area contributed by atoms with Crippen LogP contribution in [0.5, 0.6) is 5.75 Å². The highest BCUT2D eigenvalue weighted by atomic mass is 16.5. The van der Waals surface area contributed by atoms with E-state index >= 15 is 0 Å². The summed E-state index contributed by atoms with van der Waals surface area (Å²) in [6, 6.07) is 14.7. The molecule has 1 unspecified atom stereocenters. The molecule has 3 heterocycles. The van der Waals surface area contributed by atoms with Gasteiger partial charge in [0, 0.05) is 31.5 Å². The van der Waals surface area contributed by atoms with Crippen LogP contribution < -0.4 is 20.7 Å². The predicted octanol–water partition coefficient (Wildman–Crippen LogP) is 2.73. The van der Waals surface area contributed by atoms with Crippen LogP contribution >= 0.6 is 0 Å².